The Labute approximate surface area is 144 Å². The molecule has 1 aliphatic rings. The molecule has 0 aromatic carbocycles. The number of hydrogen-bond acceptors (Lipinski definition) is 3. The first-order valence-electron chi connectivity index (χ1n) is 7.48. The van der Waals surface area contributed by atoms with Crippen molar-refractivity contribution in [3.63, 3.8) is 0 Å². The number of hydrogen-bond donors (Lipinski definition) is 2. The van der Waals surface area contributed by atoms with Crippen LogP contribution in [0, 0.1) is 5.41 Å². The summed E-state index contributed by atoms with van der Waals surface area (Å²) in [5.41, 5.74) is 0.418. The molecule has 0 aliphatic heterocycles. The van der Waals surface area contributed by atoms with Gasteiger partial charge in [-0.3, -0.25) is 4.68 Å². The van der Waals surface area contributed by atoms with Crippen LogP contribution in [0.5, 0.6) is 0 Å². The van der Waals surface area contributed by atoms with Crippen molar-refractivity contribution in [2.75, 3.05) is 13.1 Å². The van der Waals surface area contributed by atoms with Crippen molar-refractivity contribution < 1.29 is 0 Å². The van der Waals surface area contributed by atoms with E-state index in [1.807, 2.05) is 7.05 Å². The Morgan fingerprint density at radius 1 is 1.38 bits per heavy atom. The molecule has 1 heterocycles. The largest absolute Gasteiger partial charge is 0.357 e. The minimum absolute atomic E-state index is 0. The Morgan fingerprint density at radius 2 is 2.10 bits per heavy atom. The van der Waals surface area contributed by atoms with Gasteiger partial charge in [0.25, 0.3) is 0 Å². The Balaban J connectivity index is 0.00000220. The van der Waals surface area contributed by atoms with Gasteiger partial charge < -0.3 is 10.6 Å². The molecule has 21 heavy (non-hydrogen) atoms. The lowest BCUT2D eigenvalue weighted by Crippen LogP contribution is -2.42. The van der Waals surface area contributed by atoms with Gasteiger partial charge in [-0.2, -0.15) is 5.10 Å². The van der Waals surface area contributed by atoms with E-state index in [-0.39, 0.29) is 24.0 Å². The number of rotatable bonds is 5. The SMILES string of the molecule is CCNC(=NCc1ncnn1C)NCC1(C)CCCC1.I. The predicted molar refractivity (Wildman–Crippen MR) is 95.8 cm³/mol. The van der Waals surface area contributed by atoms with E-state index in [2.05, 4.69) is 39.6 Å². The molecule has 0 amide bonds. The zero-order valence-corrected chi connectivity index (χ0v) is 15.6. The van der Waals surface area contributed by atoms with Gasteiger partial charge in [-0.05, 0) is 25.2 Å². The maximum absolute atomic E-state index is 4.58. The number of halogens is 1. The van der Waals surface area contributed by atoms with Crippen LogP contribution < -0.4 is 10.6 Å². The second-order valence-corrected chi connectivity index (χ2v) is 5.87. The van der Waals surface area contributed by atoms with Gasteiger partial charge in [-0.1, -0.05) is 19.8 Å². The molecule has 1 fully saturated rings. The molecule has 2 rings (SSSR count). The fraction of sp³-hybridized carbons (Fsp3) is 0.786. The van der Waals surface area contributed by atoms with E-state index in [1.54, 1.807) is 11.0 Å². The molecule has 1 aromatic heterocycles. The molecule has 7 heteroatoms. The van der Waals surface area contributed by atoms with Crippen LogP contribution in [-0.4, -0.2) is 33.8 Å². The van der Waals surface area contributed by atoms with Crippen molar-refractivity contribution >= 4 is 29.9 Å². The maximum atomic E-state index is 4.58. The van der Waals surface area contributed by atoms with Crippen LogP contribution in [0.4, 0.5) is 0 Å². The van der Waals surface area contributed by atoms with Gasteiger partial charge in [0.1, 0.15) is 18.7 Å². The monoisotopic (exact) mass is 406 g/mol. The summed E-state index contributed by atoms with van der Waals surface area (Å²) >= 11 is 0. The van der Waals surface area contributed by atoms with E-state index in [0.717, 1.165) is 24.9 Å². The van der Waals surface area contributed by atoms with E-state index in [4.69, 9.17) is 0 Å². The number of nitrogens with one attached hydrogen (secondary N) is 2. The van der Waals surface area contributed by atoms with Crippen molar-refractivity contribution in [2.45, 2.75) is 46.1 Å². The van der Waals surface area contributed by atoms with Crippen molar-refractivity contribution in [3.05, 3.63) is 12.2 Å². The number of aryl methyl sites for hydroxylation is 1. The lowest BCUT2D eigenvalue weighted by molar-refractivity contribution is 0.334. The molecule has 0 radical (unpaired) electrons. The fourth-order valence-electron chi connectivity index (χ4n) is 2.66. The highest BCUT2D eigenvalue weighted by atomic mass is 127. The van der Waals surface area contributed by atoms with E-state index in [1.165, 1.54) is 25.7 Å². The average Bonchev–Trinajstić information content (AvgIpc) is 3.03. The number of guanidine groups is 1. The molecule has 2 N–H and O–H groups in total. The standard InChI is InChI=1S/C14H26N6.HI/c1-4-15-13(16-9-12-18-11-19-20(12)3)17-10-14(2)7-5-6-8-14;/h11H,4-10H2,1-3H3,(H2,15,16,17);1H. The second kappa shape index (κ2) is 8.55. The molecule has 1 aliphatic carbocycles. The van der Waals surface area contributed by atoms with Crippen LogP contribution >= 0.6 is 24.0 Å². The van der Waals surface area contributed by atoms with Crippen molar-refractivity contribution in [3.8, 4) is 0 Å². The van der Waals surface area contributed by atoms with Crippen LogP contribution in [0.2, 0.25) is 0 Å². The van der Waals surface area contributed by atoms with Crippen LogP contribution in [0.25, 0.3) is 0 Å². The highest BCUT2D eigenvalue weighted by Crippen LogP contribution is 2.36. The molecule has 1 saturated carbocycles. The average molecular weight is 406 g/mol. The summed E-state index contributed by atoms with van der Waals surface area (Å²) in [6, 6.07) is 0. The molecule has 0 saturated heterocycles. The summed E-state index contributed by atoms with van der Waals surface area (Å²) in [6.07, 6.45) is 6.88. The van der Waals surface area contributed by atoms with Crippen molar-refractivity contribution in [1.29, 1.82) is 0 Å². The van der Waals surface area contributed by atoms with E-state index >= 15 is 0 Å². The zero-order valence-electron chi connectivity index (χ0n) is 13.2. The molecule has 0 bridgehead atoms. The molecule has 120 valence electrons. The third-order valence-corrected chi connectivity index (χ3v) is 4.02. The third kappa shape index (κ3) is 5.44. The fourth-order valence-corrected chi connectivity index (χ4v) is 2.66. The highest BCUT2D eigenvalue weighted by Gasteiger charge is 2.28. The molecule has 0 atom stereocenters. The number of aliphatic imine (C=N–C) groups is 1. The van der Waals surface area contributed by atoms with Gasteiger partial charge in [-0.25, -0.2) is 9.98 Å². The number of aromatic nitrogens is 3. The predicted octanol–water partition coefficient (Wildman–Crippen LogP) is 2.07. The van der Waals surface area contributed by atoms with E-state index < -0.39 is 0 Å². The summed E-state index contributed by atoms with van der Waals surface area (Å²) < 4.78 is 1.76. The van der Waals surface area contributed by atoms with E-state index in [9.17, 15) is 0 Å². The summed E-state index contributed by atoms with van der Waals surface area (Å²) in [4.78, 5) is 8.77. The summed E-state index contributed by atoms with van der Waals surface area (Å²) in [5.74, 6) is 1.73. The molecule has 6 nitrogen and oxygen atoms in total. The lowest BCUT2D eigenvalue weighted by atomic mass is 9.89. The molecule has 0 unspecified atom stereocenters. The van der Waals surface area contributed by atoms with Crippen molar-refractivity contribution in [2.24, 2.45) is 17.5 Å². The molecule has 0 spiro atoms. The quantitative estimate of drug-likeness (QED) is 0.447. The second-order valence-electron chi connectivity index (χ2n) is 5.87. The first-order chi connectivity index (χ1) is 9.63. The minimum atomic E-state index is 0. The Morgan fingerprint density at radius 3 is 2.67 bits per heavy atom. The first kappa shape index (κ1) is 18.2. The lowest BCUT2D eigenvalue weighted by Gasteiger charge is -2.25. The molecule has 1 aromatic rings. The smallest absolute Gasteiger partial charge is 0.191 e. The summed E-state index contributed by atoms with van der Waals surface area (Å²) in [6.45, 7) is 6.83. The van der Waals surface area contributed by atoms with Gasteiger partial charge in [-0.15, -0.1) is 24.0 Å². The van der Waals surface area contributed by atoms with Crippen LogP contribution in [0.15, 0.2) is 11.3 Å². The summed E-state index contributed by atoms with van der Waals surface area (Å²) in [5, 5.41) is 10.8. The minimum Gasteiger partial charge on any atom is -0.357 e. The molecular formula is C14H27IN6. The topological polar surface area (TPSA) is 67.1 Å². The van der Waals surface area contributed by atoms with Gasteiger partial charge in [0.2, 0.25) is 0 Å². The van der Waals surface area contributed by atoms with Gasteiger partial charge in [0, 0.05) is 20.1 Å². The Bertz CT molecular complexity index is 450. The van der Waals surface area contributed by atoms with Crippen LogP contribution in [0.1, 0.15) is 45.4 Å². The normalized spacial score (nSPS) is 17.4. The van der Waals surface area contributed by atoms with Crippen molar-refractivity contribution in [1.82, 2.24) is 25.4 Å². The van der Waals surface area contributed by atoms with Gasteiger partial charge in [0.15, 0.2) is 5.96 Å². The van der Waals surface area contributed by atoms with Gasteiger partial charge in [0.05, 0.1) is 0 Å². The Kier molecular flexibility index (Phi) is 7.41. The van der Waals surface area contributed by atoms with E-state index in [0.29, 0.717) is 12.0 Å². The highest BCUT2D eigenvalue weighted by molar-refractivity contribution is 14.0. The maximum Gasteiger partial charge on any atom is 0.191 e. The van der Waals surface area contributed by atoms with Crippen LogP contribution in [0.3, 0.4) is 0 Å². The molecular weight excluding hydrogens is 379 g/mol. The zero-order chi connectivity index (χ0) is 14.4. The third-order valence-electron chi connectivity index (χ3n) is 4.02. The Hall–Kier alpha value is -0.860. The van der Waals surface area contributed by atoms with Gasteiger partial charge >= 0.3 is 0 Å². The number of nitrogens with zero attached hydrogens (tertiary/aromatic N) is 4. The van der Waals surface area contributed by atoms with Crippen LogP contribution in [-0.2, 0) is 13.6 Å². The summed E-state index contributed by atoms with van der Waals surface area (Å²) in [7, 11) is 1.89. The first-order valence-corrected chi connectivity index (χ1v) is 7.48.